The summed E-state index contributed by atoms with van der Waals surface area (Å²) in [7, 11) is 2.15. The molecule has 0 aromatic heterocycles. The quantitative estimate of drug-likeness (QED) is 0.781. The van der Waals surface area contributed by atoms with Gasteiger partial charge in [0.05, 0.1) is 0 Å². The molecule has 1 fully saturated rings. The van der Waals surface area contributed by atoms with Crippen molar-refractivity contribution >= 4 is 17.2 Å². The van der Waals surface area contributed by atoms with Crippen LogP contribution in [-0.4, -0.2) is 49.8 Å². The molecule has 5 heteroatoms. The molecule has 2 rings (SSSR count). The molecule has 0 saturated carbocycles. The van der Waals surface area contributed by atoms with E-state index in [4.69, 9.17) is 27.4 Å². The molecule has 0 radical (unpaired) electrons. The van der Waals surface area contributed by atoms with E-state index in [1.54, 1.807) is 0 Å². The third kappa shape index (κ3) is 5.61. The summed E-state index contributed by atoms with van der Waals surface area (Å²) in [5.74, 6) is 1.61. The molecule has 1 aromatic rings. The van der Waals surface area contributed by atoms with Crippen LogP contribution in [-0.2, 0) is 4.74 Å². The second kappa shape index (κ2) is 8.32. The second-order valence-electron chi connectivity index (χ2n) is 5.56. The highest BCUT2D eigenvalue weighted by Gasteiger charge is 2.15. The molecule has 0 unspecified atom stereocenters. The second-order valence-corrected chi connectivity index (χ2v) is 5.99. The van der Waals surface area contributed by atoms with Gasteiger partial charge in [0.25, 0.3) is 0 Å². The van der Waals surface area contributed by atoms with Crippen molar-refractivity contribution in [1.29, 1.82) is 0 Å². The molecule has 1 aliphatic rings. The number of nitrogens with two attached hydrogens (primary N) is 1. The van der Waals surface area contributed by atoms with Gasteiger partial charge in [-0.15, -0.1) is 0 Å². The van der Waals surface area contributed by atoms with E-state index in [9.17, 15) is 0 Å². The number of rotatable bonds is 7. The molecule has 1 saturated heterocycles. The van der Waals surface area contributed by atoms with Gasteiger partial charge in [-0.3, -0.25) is 0 Å². The highest BCUT2D eigenvalue weighted by atomic mass is 32.1. The third-order valence-electron chi connectivity index (χ3n) is 3.79. The third-order valence-corrected chi connectivity index (χ3v) is 4.03. The fraction of sp³-hybridized carbons (Fsp3) is 0.562. The van der Waals surface area contributed by atoms with Crippen molar-refractivity contribution in [2.75, 3.05) is 40.0 Å². The Balaban J connectivity index is 1.67. The van der Waals surface area contributed by atoms with Gasteiger partial charge in [0, 0.05) is 31.9 Å². The van der Waals surface area contributed by atoms with Crippen LogP contribution in [0.1, 0.15) is 18.4 Å². The van der Waals surface area contributed by atoms with Crippen molar-refractivity contribution in [3.63, 3.8) is 0 Å². The first-order valence-corrected chi connectivity index (χ1v) is 7.85. The van der Waals surface area contributed by atoms with Crippen molar-refractivity contribution in [2.24, 2.45) is 11.7 Å². The first-order valence-electron chi connectivity index (χ1n) is 7.44. The van der Waals surface area contributed by atoms with Crippen LogP contribution in [0.3, 0.4) is 0 Å². The summed E-state index contributed by atoms with van der Waals surface area (Å²) >= 11 is 4.93. The van der Waals surface area contributed by atoms with Crippen molar-refractivity contribution in [3.8, 4) is 5.75 Å². The molecular weight excluding hydrogens is 284 g/mol. The number of hydrogen-bond donors (Lipinski definition) is 1. The Morgan fingerprint density at radius 2 is 2.00 bits per heavy atom. The van der Waals surface area contributed by atoms with Crippen LogP contribution in [0, 0.1) is 5.92 Å². The summed E-state index contributed by atoms with van der Waals surface area (Å²) in [6, 6.07) is 7.60. The minimum absolute atomic E-state index is 0.415. The van der Waals surface area contributed by atoms with Gasteiger partial charge in [-0.05, 0) is 50.1 Å². The van der Waals surface area contributed by atoms with Gasteiger partial charge >= 0.3 is 0 Å². The van der Waals surface area contributed by atoms with E-state index in [-0.39, 0.29) is 0 Å². The maximum atomic E-state index is 5.75. The van der Waals surface area contributed by atoms with E-state index in [1.807, 2.05) is 24.3 Å². The summed E-state index contributed by atoms with van der Waals surface area (Å²) in [5.41, 5.74) is 6.44. The van der Waals surface area contributed by atoms with E-state index in [2.05, 4.69) is 11.9 Å². The van der Waals surface area contributed by atoms with E-state index in [0.717, 1.165) is 43.5 Å². The zero-order chi connectivity index (χ0) is 15.1. The maximum absolute atomic E-state index is 5.75. The Morgan fingerprint density at radius 3 is 2.62 bits per heavy atom. The SMILES string of the molecule is CN(CCOc1ccc(C(N)=S)cc1)CC1CCOCC1. The first-order chi connectivity index (χ1) is 10.1. The van der Waals surface area contributed by atoms with Crippen molar-refractivity contribution in [3.05, 3.63) is 29.8 Å². The largest absolute Gasteiger partial charge is 0.492 e. The Labute approximate surface area is 132 Å². The normalized spacial score (nSPS) is 16.1. The van der Waals surface area contributed by atoms with E-state index < -0.39 is 0 Å². The summed E-state index contributed by atoms with van der Waals surface area (Å²) in [4.78, 5) is 2.75. The molecule has 116 valence electrons. The predicted octanol–water partition coefficient (Wildman–Crippen LogP) is 2.06. The molecule has 0 spiro atoms. The molecule has 0 amide bonds. The Hall–Kier alpha value is -1.17. The average molecular weight is 308 g/mol. The predicted molar refractivity (Wildman–Crippen MR) is 88.9 cm³/mol. The minimum Gasteiger partial charge on any atom is -0.492 e. The molecule has 1 heterocycles. The van der Waals surface area contributed by atoms with Crippen molar-refractivity contribution in [2.45, 2.75) is 12.8 Å². The Morgan fingerprint density at radius 1 is 1.33 bits per heavy atom. The summed E-state index contributed by atoms with van der Waals surface area (Å²) < 4.78 is 11.1. The summed E-state index contributed by atoms with van der Waals surface area (Å²) in [6.07, 6.45) is 2.34. The zero-order valence-corrected chi connectivity index (χ0v) is 13.4. The number of benzene rings is 1. The van der Waals surface area contributed by atoms with Gasteiger partial charge in [0.15, 0.2) is 0 Å². The van der Waals surface area contributed by atoms with Gasteiger partial charge < -0.3 is 20.1 Å². The lowest BCUT2D eigenvalue weighted by atomic mass is 10.00. The standard InChI is InChI=1S/C16H24N2O2S/c1-18(12-13-6-9-19-10-7-13)8-11-20-15-4-2-14(3-5-15)16(17)21/h2-5,13H,6-12H2,1H3,(H2,17,21). The van der Waals surface area contributed by atoms with Gasteiger partial charge in [-0.2, -0.15) is 0 Å². The summed E-state index contributed by atoms with van der Waals surface area (Å²) in [6.45, 7) is 4.54. The molecule has 21 heavy (non-hydrogen) atoms. The lowest BCUT2D eigenvalue weighted by molar-refractivity contribution is 0.0543. The van der Waals surface area contributed by atoms with Gasteiger partial charge in [0.1, 0.15) is 17.3 Å². The molecule has 2 N–H and O–H groups in total. The van der Waals surface area contributed by atoms with Crippen LogP contribution < -0.4 is 10.5 Å². The maximum Gasteiger partial charge on any atom is 0.119 e. The number of hydrogen-bond acceptors (Lipinski definition) is 4. The van der Waals surface area contributed by atoms with Crippen LogP contribution in [0.15, 0.2) is 24.3 Å². The fourth-order valence-corrected chi connectivity index (χ4v) is 2.63. The van der Waals surface area contributed by atoms with Crippen LogP contribution in [0.5, 0.6) is 5.75 Å². The monoisotopic (exact) mass is 308 g/mol. The number of thiocarbonyl (C=S) groups is 1. The molecule has 0 aliphatic carbocycles. The molecule has 4 nitrogen and oxygen atoms in total. The topological polar surface area (TPSA) is 47.7 Å². The molecular formula is C16H24N2O2S. The van der Waals surface area contributed by atoms with E-state index in [1.165, 1.54) is 12.8 Å². The van der Waals surface area contributed by atoms with Crippen LogP contribution >= 0.6 is 12.2 Å². The summed E-state index contributed by atoms with van der Waals surface area (Å²) in [5, 5.41) is 0. The van der Waals surface area contributed by atoms with Crippen LogP contribution in [0.2, 0.25) is 0 Å². The van der Waals surface area contributed by atoms with Gasteiger partial charge in [-0.1, -0.05) is 12.2 Å². The highest BCUT2D eigenvalue weighted by Crippen LogP contribution is 2.16. The first kappa shape index (κ1) is 16.2. The van der Waals surface area contributed by atoms with Crippen LogP contribution in [0.25, 0.3) is 0 Å². The van der Waals surface area contributed by atoms with Gasteiger partial charge in [-0.25, -0.2) is 0 Å². The Bertz CT molecular complexity index is 444. The number of likely N-dealkylation sites (N-methyl/N-ethyl adjacent to an activating group) is 1. The number of ether oxygens (including phenoxy) is 2. The average Bonchev–Trinajstić information content (AvgIpc) is 2.49. The molecule has 1 aromatic carbocycles. The lowest BCUT2D eigenvalue weighted by Gasteiger charge is -2.27. The van der Waals surface area contributed by atoms with E-state index in [0.29, 0.717) is 11.6 Å². The lowest BCUT2D eigenvalue weighted by Crippen LogP contribution is -2.32. The van der Waals surface area contributed by atoms with Gasteiger partial charge in [0.2, 0.25) is 0 Å². The van der Waals surface area contributed by atoms with Crippen molar-refractivity contribution < 1.29 is 9.47 Å². The highest BCUT2D eigenvalue weighted by molar-refractivity contribution is 7.80. The smallest absolute Gasteiger partial charge is 0.119 e. The Kier molecular flexibility index (Phi) is 6.42. The van der Waals surface area contributed by atoms with Crippen LogP contribution in [0.4, 0.5) is 0 Å². The fourth-order valence-electron chi connectivity index (χ4n) is 2.50. The molecule has 0 atom stereocenters. The minimum atomic E-state index is 0.415. The van der Waals surface area contributed by atoms with E-state index >= 15 is 0 Å². The zero-order valence-electron chi connectivity index (χ0n) is 12.6. The van der Waals surface area contributed by atoms with Crippen molar-refractivity contribution in [1.82, 2.24) is 4.90 Å². The molecule has 0 bridgehead atoms. The molecule has 1 aliphatic heterocycles. The number of nitrogens with zero attached hydrogens (tertiary/aromatic N) is 1.